The summed E-state index contributed by atoms with van der Waals surface area (Å²) < 4.78 is 30.7. The van der Waals surface area contributed by atoms with Crippen LogP contribution in [0.15, 0.2) is 36.5 Å². The molecule has 0 unspecified atom stereocenters. The molecule has 1 aromatic heterocycles. The highest BCUT2D eigenvalue weighted by Crippen LogP contribution is 2.34. The van der Waals surface area contributed by atoms with E-state index in [0.29, 0.717) is 38.8 Å². The number of hydrogen-bond acceptors (Lipinski definition) is 5. The monoisotopic (exact) mass is 403 g/mol. The van der Waals surface area contributed by atoms with Gasteiger partial charge < -0.3 is 10.1 Å². The fraction of sp³-hybridized carbons (Fsp3) is 0.500. The van der Waals surface area contributed by atoms with Crippen molar-refractivity contribution < 1.29 is 17.9 Å². The molecule has 2 fully saturated rings. The van der Waals surface area contributed by atoms with Gasteiger partial charge in [0.2, 0.25) is 15.9 Å². The van der Waals surface area contributed by atoms with Gasteiger partial charge in [0.15, 0.2) is 0 Å². The van der Waals surface area contributed by atoms with Crippen LogP contribution in [0.1, 0.15) is 25.7 Å². The van der Waals surface area contributed by atoms with Crippen molar-refractivity contribution in [2.75, 3.05) is 19.3 Å². The molecule has 28 heavy (non-hydrogen) atoms. The molecule has 8 heteroatoms. The number of piperidine rings is 1. The number of sulfonamides is 1. The molecule has 0 spiro atoms. The lowest BCUT2D eigenvalue weighted by Crippen LogP contribution is -2.50. The van der Waals surface area contributed by atoms with Crippen LogP contribution in [0.4, 0.5) is 0 Å². The van der Waals surface area contributed by atoms with Crippen LogP contribution in [0, 0.1) is 5.92 Å². The normalized spacial score (nSPS) is 23.9. The molecule has 7 nitrogen and oxygen atoms in total. The van der Waals surface area contributed by atoms with Crippen LogP contribution in [0.5, 0.6) is 5.75 Å². The van der Waals surface area contributed by atoms with Gasteiger partial charge in [-0.1, -0.05) is 18.2 Å². The number of nitrogens with zero attached hydrogens (tertiary/aromatic N) is 2. The van der Waals surface area contributed by atoms with Crippen LogP contribution in [0.3, 0.4) is 0 Å². The SMILES string of the molecule is CS(=O)(=O)N1CCC(NC(=O)[C@H]2C[C@H](Oc3cccc4cccnc34)C2)CC1. The van der Waals surface area contributed by atoms with E-state index in [1.807, 2.05) is 30.3 Å². The Morgan fingerprint density at radius 1 is 1.18 bits per heavy atom. The van der Waals surface area contributed by atoms with Crippen molar-refractivity contribution in [2.24, 2.45) is 5.92 Å². The van der Waals surface area contributed by atoms with Gasteiger partial charge in [-0.15, -0.1) is 0 Å². The summed E-state index contributed by atoms with van der Waals surface area (Å²) in [5, 5.41) is 4.11. The maximum absolute atomic E-state index is 12.5. The van der Waals surface area contributed by atoms with E-state index in [1.165, 1.54) is 10.6 Å². The quantitative estimate of drug-likeness (QED) is 0.824. The summed E-state index contributed by atoms with van der Waals surface area (Å²) in [6.45, 7) is 0.933. The Labute approximate surface area is 165 Å². The highest BCUT2D eigenvalue weighted by Gasteiger charge is 2.37. The van der Waals surface area contributed by atoms with Crippen LogP contribution in [-0.4, -0.2) is 55.1 Å². The second-order valence-corrected chi connectivity index (χ2v) is 9.67. The van der Waals surface area contributed by atoms with Gasteiger partial charge in [0.25, 0.3) is 0 Å². The van der Waals surface area contributed by atoms with Crippen molar-refractivity contribution in [3.63, 3.8) is 0 Å². The molecule has 1 saturated carbocycles. The van der Waals surface area contributed by atoms with Crippen molar-refractivity contribution in [1.29, 1.82) is 0 Å². The summed E-state index contributed by atoms with van der Waals surface area (Å²) in [5.41, 5.74) is 0.843. The maximum atomic E-state index is 12.5. The number of pyridine rings is 1. The van der Waals surface area contributed by atoms with Crippen LogP contribution in [0.2, 0.25) is 0 Å². The Morgan fingerprint density at radius 2 is 1.89 bits per heavy atom. The molecule has 2 aliphatic rings. The van der Waals surface area contributed by atoms with Crippen LogP contribution in [0.25, 0.3) is 10.9 Å². The van der Waals surface area contributed by atoms with E-state index in [1.54, 1.807) is 6.20 Å². The van der Waals surface area contributed by atoms with Crippen LogP contribution >= 0.6 is 0 Å². The standard InChI is InChI=1S/C20H25N3O4S/c1-28(25,26)23-10-7-16(8-11-23)22-20(24)15-12-17(13-15)27-18-6-2-4-14-5-3-9-21-19(14)18/h2-6,9,15-17H,7-8,10-13H2,1H3,(H,22,24)/t15-,17-. The van der Waals surface area contributed by atoms with Crippen molar-refractivity contribution >= 4 is 26.8 Å². The zero-order chi connectivity index (χ0) is 19.7. The largest absolute Gasteiger partial charge is 0.488 e. The molecule has 1 N–H and O–H groups in total. The minimum absolute atomic E-state index is 0.0236. The van der Waals surface area contributed by atoms with Crippen LogP contribution in [-0.2, 0) is 14.8 Å². The highest BCUT2D eigenvalue weighted by atomic mass is 32.2. The zero-order valence-electron chi connectivity index (χ0n) is 15.9. The summed E-state index contributed by atoms with van der Waals surface area (Å²) in [6, 6.07) is 9.81. The molecule has 0 radical (unpaired) electrons. The van der Waals surface area contributed by atoms with Crippen molar-refractivity contribution in [3.05, 3.63) is 36.5 Å². The first kappa shape index (κ1) is 19.1. The number of carbonyl (C=O) groups excluding carboxylic acids is 1. The second-order valence-electron chi connectivity index (χ2n) is 7.68. The van der Waals surface area contributed by atoms with Gasteiger partial charge in [-0.05, 0) is 37.8 Å². The van der Waals surface area contributed by atoms with Gasteiger partial charge in [0.05, 0.1) is 6.26 Å². The number of carbonyl (C=O) groups is 1. The molecule has 1 aromatic carbocycles. The minimum Gasteiger partial charge on any atom is -0.488 e. The number of benzene rings is 1. The number of rotatable bonds is 5. The second kappa shape index (κ2) is 7.67. The third kappa shape index (κ3) is 4.12. The Kier molecular flexibility index (Phi) is 5.25. The number of aromatic nitrogens is 1. The number of para-hydroxylation sites is 1. The van der Waals surface area contributed by atoms with E-state index in [0.717, 1.165) is 16.7 Å². The molecule has 2 heterocycles. The smallest absolute Gasteiger partial charge is 0.223 e. The first-order valence-corrected chi connectivity index (χ1v) is 11.5. The Hall–Kier alpha value is -2.19. The third-order valence-electron chi connectivity index (χ3n) is 5.62. The van der Waals surface area contributed by atoms with E-state index < -0.39 is 10.0 Å². The minimum atomic E-state index is -3.14. The number of hydrogen-bond donors (Lipinski definition) is 1. The fourth-order valence-electron chi connectivity index (χ4n) is 3.88. The Bertz CT molecular complexity index is 959. The van der Waals surface area contributed by atoms with E-state index >= 15 is 0 Å². The first-order chi connectivity index (χ1) is 13.4. The van der Waals surface area contributed by atoms with E-state index in [2.05, 4.69) is 10.3 Å². The molecule has 4 rings (SSSR count). The van der Waals surface area contributed by atoms with Crippen molar-refractivity contribution in [2.45, 2.75) is 37.8 Å². The highest BCUT2D eigenvalue weighted by molar-refractivity contribution is 7.88. The fourth-order valence-corrected chi connectivity index (χ4v) is 4.75. The molecular weight excluding hydrogens is 378 g/mol. The van der Waals surface area contributed by atoms with E-state index in [-0.39, 0.29) is 24.0 Å². The van der Waals surface area contributed by atoms with Gasteiger partial charge in [-0.25, -0.2) is 12.7 Å². The maximum Gasteiger partial charge on any atom is 0.223 e. The lowest BCUT2D eigenvalue weighted by molar-refractivity contribution is -0.131. The van der Waals surface area contributed by atoms with Gasteiger partial charge in [0.1, 0.15) is 17.4 Å². The van der Waals surface area contributed by atoms with Gasteiger partial charge in [-0.2, -0.15) is 0 Å². The third-order valence-corrected chi connectivity index (χ3v) is 6.93. The number of nitrogens with one attached hydrogen (secondary N) is 1. The van der Waals surface area contributed by atoms with Crippen molar-refractivity contribution in [3.8, 4) is 5.75 Å². The predicted octanol–water partition coefficient (Wildman–Crippen LogP) is 1.93. The summed E-state index contributed by atoms with van der Waals surface area (Å²) >= 11 is 0. The molecular formula is C20H25N3O4S. The van der Waals surface area contributed by atoms with Crippen LogP contribution < -0.4 is 10.1 Å². The molecule has 1 saturated heterocycles. The molecule has 2 aromatic rings. The molecule has 1 aliphatic carbocycles. The average Bonchev–Trinajstić information content (AvgIpc) is 2.64. The Morgan fingerprint density at radius 3 is 2.61 bits per heavy atom. The van der Waals surface area contributed by atoms with E-state index in [9.17, 15) is 13.2 Å². The lowest BCUT2D eigenvalue weighted by atomic mass is 9.81. The summed E-state index contributed by atoms with van der Waals surface area (Å²) in [6.07, 6.45) is 5.71. The topological polar surface area (TPSA) is 88.6 Å². The summed E-state index contributed by atoms with van der Waals surface area (Å²) in [5.74, 6) is 0.768. The predicted molar refractivity (Wildman–Crippen MR) is 106 cm³/mol. The molecule has 0 bridgehead atoms. The molecule has 1 aliphatic heterocycles. The summed E-state index contributed by atoms with van der Waals surface area (Å²) in [4.78, 5) is 16.9. The lowest BCUT2D eigenvalue weighted by Gasteiger charge is -2.36. The Balaban J connectivity index is 1.26. The number of fused-ring (bicyclic) bond motifs is 1. The number of ether oxygens (including phenoxy) is 1. The molecule has 150 valence electrons. The van der Waals surface area contributed by atoms with Gasteiger partial charge in [0, 0.05) is 36.6 Å². The molecule has 1 amide bonds. The zero-order valence-corrected chi connectivity index (χ0v) is 16.7. The summed E-state index contributed by atoms with van der Waals surface area (Å²) in [7, 11) is -3.14. The first-order valence-electron chi connectivity index (χ1n) is 9.66. The van der Waals surface area contributed by atoms with Crippen molar-refractivity contribution in [1.82, 2.24) is 14.6 Å². The van der Waals surface area contributed by atoms with E-state index in [4.69, 9.17) is 4.74 Å². The van der Waals surface area contributed by atoms with Gasteiger partial charge in [-0.3, -0.25) is 9.78 Å². The number of amides is 1. The van der Waals surface area contributed by atoms with Gasteiger partial charge >= 0.3 is 0 Å². The average molecular weight is 404 g/mol. The molecule has 0 atom stereocenters.